The minimum atomic E-state index is -4.58. The summed E-state index contributed by atoms with van der Waals surface area (Å²) in [6.07, 6.45) is -10.3. The fourth-order valence-electron chi connectivity index (χ4n) is 5.15. The molecular formula is C30H23ClF6N2O3. The topological polar surface area (TPSA) is 71.2 Å². The van der Waals surface area contributed by atoms with Crippen molar-refractivity contribution in [3.63, 3.8) is 0 Å². The van der Waals surface area contributed by atoms with Crippen LogP contribution in [-0.2, 0) is 39.5 Å². The molecule has 2 heterocycles. The second-order valence-corrected chi connectivity index (χ2v) is 10.4. The van der Waals surface area contributed by atoms with Crippen LogP contribution in [0.3, 0.4) is 0 Å². The summed E-state index contributed by atoms with van der Waals surface area (Å²) in [4.78, 5) is 29.5. The number of fused-ring (bicyclic) bond motifs is 3. The summed E-state index contributed by atoms with van der Waals surface area (Å²) in [5.74, 6) is -2.43. The first-order chi connectivity index (χ1) is 19.8. The van der Waals surface area contributed by atoms with Crippen molar-refractivity contribution in [1.29, 1.82) is 0 Å². The Bertz CT molecular complexity index is 1610. The average Bonchev–Trinajstić information content (AvgIpc) is 3.26. The average molecular weight is 609 g/mol. The van der Waals surface area contributed by atoms with Crippen LogP contribution < -0.4 is 5.32 Å². The minimum Gasteiger partial charge on any atom is -0.451 e. The highest BCUT2D eigenvalue weighted by atomic mass is 35.5. The summed E-state index contributed by atoms with van der Waals surface area (Å²) in [5.41, 5.74) is 0.992. The number of ether oxygens (including phenoxy) is 1. The Morgan fingerprint density at radius 3 is 2.14 bits per heavy atom. The fraction of sp³-hybridized carbons (Fsp3) is 0.267. The molecule has 0 aliphatic carbocycles. The molecule has 1 aromatic heterocycles. The number of halogens is 7. The largest absolute Gasteiger partial charge is 0.451 e. The van der Waals surface area contributed by atoms with Gasteiger partial charge in [-0.05, 0) is 65.9 Å². The molecule has 0 fully saturated rings. The highest BCUT2D eigenvalue weighted by Gasteiger charge is 2.39. The van der Waals surface area contributed by atoms with Gasteiger partial charge in [0.25, 0.3) is 5.91 Å². The molecule has 1 aliphatic rings. The molecular weight excluding hydrogens is 586 g/mol. The maximum atomic E-state index is 13.3. The van der Waals surface area contributed by atoms with E-state index in [2.05, 4.69) is 10.3 Å². The van der Waals surface area contributed by atoms with Crippen LogP contribution in [0.15, 0.2) is 66.7 Å². The van der Waals surface area contributed by atoms with E-state index >= 15 is 0 Å². The van der Waals surface area contributed by atoms with Crippen molar-refractivity contribution < 1.29 is 40.7 Å². The summed E-state index contributed by atoms with van der Waals surface area (Å²) < 4.78 is 84.2. The maximum absolute atomic E-state index is 13.3. The Morgan fingerprint density at radius 1 is 0.905 bits per heavy atom. The lowest BCUT2D eigenvalue weighted by Gasteiger charge is -2.29. The molecule has 0 saturated carbocycles. The van der Waals surface area contributed by atoms with E-state index in [0.29, 0.717) is 33.8 Å². The zero-order chi connectivity index (χ0) is 30.2. The molecule has 0 radical (unpaired) electrons. The van der Waals surface area contributed by atoms with Gasteiger partial charge >= 0.3 is 18.3 Å². The van der Waals surface area contributed by atoms with E-state index < -0.39 is 47.4 Å². The number of alkyl halides is 6. The normalized spacial score (nSPS) is 17.7. The number of carbonyl (C=O) groups is 2. The van der Waals surface area contributed by atoms with Crippen molar-refractivity contribution in [3.8, 4) is 0 Å². The summed E-state index contributed by atoms with van der Waals surface area (Å²) in [5, 5.41) is 3.98. The molecule has 4 aromatic rings. The molecule has 2 N–H and O–H groups in total. The van der Waals surface area contributed by atoms with Crippen molar-refractivity contribution in [2.75, 3.05) is 6.54 Å². The highest BCUT2D eigenvalue weighted by Crippen LogP contribution is 2.39. The van der Waals surface area contributed by atoms with Crippen LogP contribution >= 0.6 is 11.6 Å². The number of aryl methyl sites for hydroxylation is 1. The zero-order valence-corrected chi connectivity index (χ0v) is 22.5. The molecule has 5 nitrogen and oxygen atoms in total. The van der Waals surface area contributed by atoms with Crippen LogP contribution in [-0.4, -0.2) is 29.5 Å². The van der Waals surface area contributed by atoms with E-state index in [1.54, 1.807) is 18.2 Å². The van der Waals surface area contributed by atoms with Gasteiger partial charge in [0.1, 0.15) is 0 Å². The monoisotopic (exact) mass is 608 g/mol. The molecule has 1 amide bonds. The van der Waals surface area contributed by atoms with Gasteiger partial charge in [0.05, 0.1) is 17.0 Å². The Labute approximate surface area is 240 Å². The number of esters is 1. The predicted molar refractivity (Wildman–Crippen MR) is 143 cm³/mol. The molecule has 42 heavy (non-hydrogen) atoms. The van der Waals surface area contributed by atoms with E-state index in [-0.39, 0.29) is 19.4 Å². The third-order valence-electron chi connectivity index (χ3n) is 7.20. The van der Waals surface area contributed by atoms with Crippen molar-refractivity contribution in [2.45, 2.75) is 43.6 Å². The van der Waals surface area contributed by atoms with Crippen LogP contribution in [0.5, 0.6) is 0 Å². The molecule has 2 atom stereocenters. The lowest BCUT2D eigenvalue weighted by Crippen LogP contribution is -2.44. The number of carbonyl (C=O) groups excluding carboxylic acids is 2. The van der Waals surface area contributed by atoms with Gasteiger partial charge in [-0.25, -0.2) is 0 Å². The number of nitrogens with one attached hydrogen (secondary N) is 2. The maximum Gasteiger partial charge on any atom is 0.416 e. The number of aromatic amines is 1. The third-order valence-corrected chi connectivity index (χ3v) is 7.44. The summed E-state index contributed by atoms with van der Waals surface area (Å²) in [7, 11) is 0. The molecule has 3 aromatic carbocycles. The van der Waals surface area contributed by atoms with Gasteiger partial charge in [-0.2, -0.15) is 26.3 Å². The van der Waals surface area contributed by atoms with Gasteiger partial charge in [-0.3, -0.25) is 9.59 Å². The summed E-state index contributed by atoms with van der Waals surface area (Å²) in [6.45, 7) is 0.209. The Hall–Kier alpha value is -3.99. The molecule has 1 aliphatic heterocycles. The predicted octanol–water partition coefficient (Wildman–Crippen LogP) is 7.21. The van der Waals surface area contributed by atoms with Crippen LogP contribution in [0.2, 0.25) is 5.02 Å². The number of rotatable bonds is 5. The number of benzene rings is 3. The first-order valence-corrected chi connectivity index (χ1v) is 13.3. The number of hydrogen-bond donors (Lipinski definition) is 2. The first-order valence-electron chi connectivity index (χ1n) is 12.9. The van der Waals surface area contributed by atoms with Gasteiger partial charge in [-0.1, -0.05) is 41.9 Å². The van der Waals surface area contributed by atoms with E-state index in [9.17, 15) is 35.9 Å². The molecule has 0 bridgehead atoms. The molecule has 0 unspecified atom stereocenters. The Kier molecular flexibility index (Phi) is 7.98. The van der Waals surface area contributed by atoms with Crippen molar-refractivity contribution in [3.05, 3.63) is 105 Å². The second-order valence-electron chi connectivity index (χ2n) is 9.95. The second kappa shape index (κ2) is 11.4. The smallest absolute Gasteiger partial charge is 0.416 e. The van der Waals surface area contributed by atoms with Gasteiger partial charge < -0.3 is 15.0 Å². The van der Waals surface area contributed by atoms with E-state index in [0.717, 1.165) is 35.2 Å². The molecule has 5 rings (SSSR count). The Balaban J connectivity index is 1.48. The standard InChI is InChI=1S/C30H23ClF6N2O3/c31-20-10-11-21-22-13-14-38-28(41)27(42-24(40)12-3-16-1-6-18(7-2-16)29(32,33)34)25(26(22)39-23(21)15-20)17-4-8-19(9-5-17)30(35,36)37/h1-2,4-11,15,25,27,39H,3,12-14H2,(H,38,41)/t25-,27+/m1/s1. The minimum absolute atomic E-state index is 0.0480. The summed E-state index contributed by atoms with van der Waals surface area (Å²) in [6, 6.07) is 13.8. The zero-order valence-electron chi connectivity index (χ0n) is 21.7. The van der Waals surface area contributed by atoms with Crippen LogP contribution in [0.25, 0.3) is 10.9 Å². The number of hydrogen-bond acceptors (Lipinski definition) is 3. The van der Waals surface area contributed by atoms with Crippen LogP contribution in [0, 0.1) is 0 Å². The third kappa shape index (κ3) is 6.25. The molecule has 0 spiro atoms. The van der Waals surface area contributed by atoms with Gasteiger partial charge in [0, 0.05) is 34.6 Å². The van der Waals surface area contributed by atoms with Gasteiger partial charge in [0.2, 0.25) is 0 Å². The quantitative estimate of drug-likeness (QED) is 0.186. The molecule has 0 saturated heterocycles. The number of amides is 1. The van der Waals surface area contributed by atoms with Crippen molar-refractivity contribution in [1.82, 2.24) is 10.3 Å². The molecule has 220 valence electrons. The Morgan fingerprint density at radius 2 is 1.52 bits per heavy atom. The van der Waals surface area contributed by atoms with E-state index in [1.165, 1.54) is 24.3 Å². The SMILES string of the molecule is O=C(CCc1ccc(C(F)(F)F)cc1)O[C@@H]1C(=O)NCCc2c([nH]c3cc(Cl)ccc23)[C@H]1c1ccc(C(F)(F)F)cc1. The van der Waals surface area contributed by atoms with Crippen LogP contribution in [0.4, 0.5) is 26.3 Å². The van der Waals surface area contributed by atoms with Gasteiger partial charge in [-0.15, -0.1) is 0 Å². The van der Waals surface area contributed by atoms with Crippen LogP contribution in [0.1, 0.15) is 45.8 Å². The fourth-order valence-corrected chi connectivity index (χ4v) is 5.32. The lowest BCUT2D eigenvalue weighted by molar-refractivity contribution is -0.157. The molecule has 12 heteroatoms. The van der Waals surface area contributed by atoms with Gasteiger partial charge in [0.15, 0.2) is 6.10 Å². The lowest BCUT2D eigenvalue weighted by atomic mass is 9.85. The van der Waals surface area contributed by atoms with Crippen molar-refractivity contribution >= 4 is 34.4 Å². The van der Waals surface area contributed by atoms with E-state index in [4.69, 9.17) is 16.3 Å². The number of aromatic nitrogens is 1. The number of H-pyrrole nitrogens is 1. The highest BCUT2D eigenvalue weighted by molar-refractivity contribution is 6.31. The first kappa shape index (κ1) is 29.5. The summed E-state index contributed by atoms with van der Waals surface area (Å²) >= 11 is 6.18. The van der Waals surface area contributed by atoms with Crippen molar-refractivity contribution in [2.24, 2.45) is 0 Å². The van der Waals surface area contributed by atoms with E-state index in [1.807, 2.05) is 0 Å².